The van der Waals surface area contributed by atoms with Crippen molar-refractivity contribution in [3.05, 3.63) is 29.6 Å². The first-order chi connectivity index (χ1) is 8.11. The Morgan fingerprint density at radius 1 is 1.41 bits per heavy atom. The zero-order valence-corrected chi connectivity index (χ0v) is 10.1. The molecule has 1 aromatic rings. The van der Waals surface area contributed by atoms with Gasteiger partial charge in [-0.2, -0.15) is 0 Å². The molecule has 2 rings (SSSR count). The van der Waals surface area contributed by atoms with Crippen molar-refractivity contribution in [2.75, 3.05) is 20.8 Å². The van der Waals surface area contributed by atoms with Gasteiger partial charge in [0.15, 0.2) is 0 Å². The van der Waals surface area contributed by atoms with Gasteiger partial charge in [-0.25, -0.2) is 4.39 Å². The minimum absolute atomic E-state index is 0.123. The van der Waals surface area contributed by atoms with Crippen LogP contribution in [0.1, 0.15) is 18.4 Å². The van der Waals surface area contributed by atoms with Crippen LogP contribution in [-0.4, -0.2) is 25.9 Å². The Hall–Kier alpha value is -1.13. The standard InChI is InChI=1S/C13H17FO3/c1-16-8-13(15,9-3-4-9)11-7-10(14)5-6-12(11)17-2/h5-7,9,15H,3-4,8H2,1-2H3. The van der Waals surface area contributed by atoms with Crippen LogP contribution >= 0.6 is 0 Å². The highest BCUT2D eigenvalue weighted by atomic mass is 19.1. The molecule has 1 aliphatic carbocycles. The van der Waals surface area contributed by atoms with Crippen molar-refractivity contribution in [3.8, 4) is 5.75 Å². The molecule has 0 bridgehead atoms. The number of aliphatic hydroxyl groups is 1. The lowest BCUT2D eigenvalue weighted by molar-refractivity contribution is -0.0547. The minimum atomic E-state index is -1.15. The van der Waals surface area contributed by atoms with E-state index in [4.69, 9.17) is 9.47 Å². The maximum Gasteiger partial charge on any atom is 0.125 e. The van der Waals surface area contributed by atoms with Gasteiger partial charge in [-0.3, -0.25) is 0 Å². The summed E-state index contributed by atoms with van der Waals surface area (Å²) in [6.07, 6.45) is 1.86. The van der Waals surface area contributed by atoms with E-state index in [9.17, 15) is 9.50 Å². The summed E-state index contributed by atoms with van der Waals surface area (Å²) in [4.78, 5) is 0. The molecule has 0 radical (unpaired) electrons. The maximum atomic E-state index is 13.3. The fourth-order valence-electron chi connectivity index (χ4n) is 2.21. The molecular weight excluding hydrogens is 223 g/mol. The van der Waals surface area contributed by atoms with Crippen LogP contribution in [0.25, 0.3) is 0 Å². The smallest absolute Gasteiger partial charge is 0.125 e. The van der Waals surface area contributed by atoms with Gasteiger partial charge < -0.3 is 14.6 Å². The van der Waals surface area contributed by atoms with E-state index in [1.54, 1.807) is 0 Å². The number of halogens is 1. The molecule has 0 aromatic heterocycles. The van der Waals surface area contributed by atoms with Gasteiger partial charge in [-0.15, -0.1) is 0 Å². The lowest BCUT2D eigenvalue weighted by atomic mass is 9.88. The van der Waals surface area contributed by atoms with Gasteiger partial charge in [0.05, 0.1) is 13.7 Å². The summed E-state index contributed by atoms with van der Waals surface area (Å²) in [5.74, 6) is 0.243. The van der Waals surface area contributed by atoms with E-state index in [1.807, 2.05) is 0 Å². The van der Waals surface area contributed by atoms with Crippen molar-refractivity contribution in [3.63, 3.8) is 0 Å². The summed E-state index contributed by atoms with van der Waals surface area (Å²) < 4.78 is 23.6. The molecule has 1 aliphatic rings. The van der Waals surface area contributed by atoms with Crippen molar-refractivity contribution in [2.45, 2.75) is 18.4 Å². The van der Waals surface area contributed by atoms with Crippen molar-refractivity contribution in [1.29, 1.82) is 0 Å². The number of methoxy groups -OCH3 is 2. The number of ether oxygens (including phenoxy) is 2. The van der Waals surface area contributed by atoms with Crippen LogP contribution in [0.2, 0.25) is 0 Å². The Labute approximate surface area is 100 Å². The molecule has 0 saturated heterocycles. The molecule has 3 nitrogen and oxygen atoms in total. The predicted octanol–water partition coefficient (Wildman–Crippen LogP) is 2.08. The van der Waals surface area contributed by atoms with E-state index in [1.165, 1.54) is 32.4 Å². The van der Waals surface area contributed by atoms with Gasteiger partial charge in [-0.1, -0.05) is 0 Å². The Balaban J connectivity index is 2.44. The summed E-state index contributed by atoms with van der Waals surface area (Å²) in [6, 6.07) is 4.19. The first-order valence-corrected chi connectivity index (χ1v) is 5.67. The Morgan fingerprint density at radius 3 is 2.65 bits per heavy atom. The van der Waals surface area contributed by atoms with Gasteiger partial charge in [0, 0.05) is 12.7 Å². The van der Waals surface area contributed by atoms with Crippen LogP contribution in [0.15, 0.2) is 18.2 Å². The Morgan fingerprint density at radius 2 is 2.12 bits per heavy atom. The second-order valence-corrected chi connectivity index (χ2v) is 4.48. The van der Waals surface area contributed by atoms with Crippen LogP contribution in [0.3, 0.4) is 0 Å². The Bertz CT molecular complexity index is 404. The molecule has 94 valence electrons. The number of rotatable bonds is 5. The molecule has 1 N–H and O–H groups in total. The molecular formula is C13H17FO3. The van der Waals surface area contributed by atoms with Gasteiger partial charge in [0.25, 0.3) is 0 Å². The van der Waals surface area contributed by atoms with Crippen LogP contribution < -0.4 is 4.74 Å². The molecule has 0 amide bonds. The fourth-order valence-corrected chi connectivity index (χ4v) is 2.21. The van der Waals surface area contributed by atoms with E-state index in [0.29, 0.717) is 11.3 Å². The van der Waals surface area contributed by atoms with Crippen molar-refractivity contribution < 1.29 is 19.0 Å². The molecule has 0 heterocycles. The summed E-state index contributed by atoms with van der Waals surface area (Å²) >= 11 is 0. The number of hydrogen-bond acceptors (Lipinski definition) is 3. The van der Waals surface area contributed by atoms with Gasteiger partial charge >= 0.3 is 0 Å². The van der Waals surface area contributed by atoms with Crippen LogP contribution in [-0.2, 0) is 10.3 Å². The third kappa shape index (κ3) is 2.28. The third-order valence-corrected chi connectivity index (χ3v) is 3.25. The molecule has 17 heavy (non-hydrogen) atoms. The third-order valence-electron chi connectivity index (χ3n) is 3.25. The van der Waals surface area contributed by atoms with Crippen LogP contribution in [0.5, 0.6) is 5.75 Å². The van der Waals surface area contributed by atoms with Crippen molar-refractivity contribution in [2.24, 2.45) is 5.92 Å². The first kappa shape index (κ1) is 12.3. The average Bonchev–Trinajstić information content (AvgIpc) is 3.13. The van der Waals surface area contributed by atoms with Gasteiger partial charge in [0.1, 0.15) is 17.2 Å². The van der Waals surface area contributed by atoms with E-state index >= 15 is 0 Å². The Kier molecular flexibility index (Phi) is 3.35. The highest BCUT2D eigenvalue weighted by Gasteiger charge is 2.46. The lowest BCUT2D eigenvalue weighted by Gasteiger charge is -2.29. The minimum Gasteiger partial charge on any atom is -0.496 e. The lowest BCUT2D eigenvalue weighted by Crippen LogP contribution is -2.34. The molecule has 1 saturated carbocycles. The topological polar surface area (TPSA) is 38.7 Å². The fraction of sp³-hybridized carbons (Fsp3) is 0.538. The van der Waals surface area contributed by atoms with Crippen LogP contribution in [0, 0.1) is 11.7 Å². The zero-order valence-electron chi connectivity index (χ0n) is 10.1. The summed E-state index contributed by atoms with van der Waals surface area (Å²) in [5.41, 5.74) is -0.674. The summed E-state index contributed by atoms with van der Waals surface area (Å²) in [6.45, 7) is 0.150. The van der Waals surface area contributed by atoms with Crippen molar-refractivity contribution in [1.82, 2.24) is 0 Å². The first-order valence-electron chi connectivity index (χ1n) is 5.67. The van der Waals surface area contributed by atoms with E-state index in [-0.39, 0.29) is 18.3 Å². The van der Waals surface area contributed by atoms with E-state index in [2.05, 4.69) is 0 Å². The molecule has 1 aromatic carbocycles. The summed E-state index contributed by atoms with van der Waals surface area (Å²) in [7, 11) is 3.04. The van der Waals surface area contributed by atoms with Gasteiger partial charge in [-0.05, 0) is 37.0 Å². The zero-order chi connectivity index (χ0) is 12.5. The predicted molar refractivity (Wildman–Crippen MR) is 61.4 cm³/mol. The van der Waals surface area contributed by atoms with E-state index < -0.39 is 5.60 Å². The van der Waals surface area contributed by atoms with Gasteiger partial charge in [0.2, 0.25) is 0 Å². The highest BCUT2D eigenvalue weighted by Crippen LogP contribution is 2.48. The number of benzene rings is 1. The monoisotopic (exact) mass is 240 g/mol. The second kappa shape index (κ2) is 4.63. The second-order valence-electron chi connectivity index (χ2n) is 4.48. The summed E-state index contributed by atoms with van der Waals surface area (Å²) in [5, 5.41) is 10.7. The highest BCUT2D eigenvalue weighted by molar-refractivity contribution is 5.40. The van der Waals surface area contributed by atoms with E-state index in [0.717, 1.165) is 12.8 Å². The molecule has 1 unspecified atom stereocenters. The largest absolute Gasteiger partial charge is 0.496 e. The molecule has 1 fully saturated rings. The molecule has 1 atom stereocenters. The molecule has 4 heteroatoms. The van der Waals surface area contributed by atoms with Crippen LogP contribution in [0.4, 0.5) is 4.39 Å². The quantitative estimate of drug-likeness (QED) is 0.856. The SMILES string of the molecule is COCC(O)(c1cc(F)ccc1OC)C1CC1. The maximum absolute atomic E-state index is 13.3. The van der Waals surface area contributed by atoms with Crippen molar-refractivity contribution >= 4 is 0 Å². The number of hydrogen-bond donors (Lipinski definition) is 1. The molecule has 0 spiro atoms. The average molecular weight is 240 g/mol. The molecule has 0 aliphatic heterocycles. The normalized spacial score (nSPS) is 18.8.